The Balaban J connectivity index is 1.84. The van der Waals surface area contributed by atoms with Crippen LogP contribution < -0.4 is 10.6 Å². The third kappa shape index (κ3) is 2.49. The Hall–Kier alpha value is -2.00. The second-order valence-electron chi connectivity index (χ2n) is 4.96. The van der Waals surface area contributed by atoms with Crippen molar-refractivity contribution in [1.29, 1.82) is 0 Å². The van der Waals surface area contributed by atoms with Crippen LogP contribution in [0.3, 0.4) is 0 Å². The molecule has 2 N–H and O–H groups in total. The van der Waals surface area contributed by atoms with Crippen LogP contribution in [-0.2, 0) is 6.42 Å². The third-order valence-electron chi connectivity index (χ3n) is 3.53. The Morgan fingerprint density at radius 3 is 2.95 bits per heavy atom. The lowest BCUT2D eigenvalue weighted by Gasteiger charge is -2.10. The maximum Gasteiger partial charge on any atom is 0.255 e. The maximum absolute atomic E-state index is 12.3. The Morgan fingerprint density at radius 2 is 2.10 bits per heavy atom. The first kappa shape index (κ1) is 13.0. The summed E-state index contributed by atoms with van der Waals surface area (Å²) in [7, 11) is 0. The monoisotopic (exact) mass is 286 g/mol. The second kappa shape index (κ2) is 5.17. The molecule has 1 aliphatic rings. The quantitative estimate of drug-likeness (QED) is 0.880. The van der Waals surface area contributed by atoms with E-state index in [0.29, 0.717) is 10.6 Å². The van der Waals surface area contributed by atoms with Crippen molar-refractivity contribution in [1.82, 2.24) is 0 Å². The standard InChI is InChI=1S/C16H15ClN2O/c1-10-2-5-13(17)9-14(10)19-16(20)12-4-3-11-6-7-18-15(11)8-12/h2-5,8-9,18H,6-7H2,1H3,(H,19,20). The topological polar surface area (TPSA) is 41.1 Å². The molecule has 20 heavy (non-hydrogen) atoms. The largest absolute Gasteiger partial charge is 0.384 e. The number of benzene rings is 2. The first-order chi connectivity index (χ1) is 9.63. The van der Waals surface area contributed by atoms with Crippen LogP contribution in [0.4, 0.5) is 11.4 Å². The molecule has 0 spiro atoms. The number of hydrogen-bond donors (Lipinski definition) is 2. The van der Waals surface area contributed by atoms with Gasteiger partial charge < -0.3 is 10.6 Å². The highest BCUT2D eigenvalue weighted by molar-refractivity contribution is 6.31. The van der Waals surface area contributed by atoms with Gasteiger partial charge in [-0.25, -0.2) is 0 Å². The van der Waals surface area contributed by atoms with Gasteiger partial charge in [-0.1, -0.05) is 23.7 Å². The number of hydrogen-bond acceptors (Lipinski definition) is 2. The summed E-state index contributed by atoms with van der Waals surface area (Å²) in [5, 5.41) is 6.80. The lowest BCUT2D eigenvalue weighted by atomic mass is 10.1. The summed E-state index contributed by atoms with van der Waals surface area (Å²) in [6.45, 7) is 2.88. The Labute approximate surface area is 123 Å². The number of nitrogens with one attached hydrogen (secondary N) is 2. The number of rotatable bonds is 2. The summed E-state index contributed by atoms with van der Waals surface area (Å²) >= 11 is 5.96. The van der Waals surface area contributed by atoms with Gasteiger partial charge in [0.25, 0.3) is 5.91 Å². The predicted octanol–water partition coefficient (Wildman–Crippen LogP) is 3.87. The van der Waals surface area contributed by atoms with Crippen LogP contribution in [0.15, 0.2) is 36.4 Å². The van der Waals surface area contributed by atoms with E-state index in [1.165, 1.54) is 5.56 Å². The maximum atomic E-state index is 12.3. The van der Waals surface area contributed by atoms with Crippen LogP contribution in [-0.4, -0.2) is 12.5 Å². The molecule has 1 amide bonds. The third-order valence-corrected chi connectivity index (χ3v) is 3.76. The van der Waals surface area contributed by atoms with Crippen LogP contribution in [0, 0.1) is 6.92 Å². The molecule has 0 saturated heterocycles. The first-order valence-corrected chi connectivity index (χ1v) is 6.95. The van der Waals surface area contributed by atoms with Gasteiger partial charge >= 0.3 is 0 Å². The zero-order valence-corrected chi connectivity index (χ0v) is 11.9. The lowest BCUT2D eigenvalue weighted by Crippen LogP contribution is -2.13. The molecular formula is C16H15ClN2O. The molecule has 1 aliphatic heterocycles. The van der Waals surface area contributed by atoms with Gasteiger partial charge in [-0.3, -0.25) is 4.79 Å². The zero-order valence-electron chi connectivity index (χ0n) is 11.2. The molecule has 4 heteroatoms. The van der Waals surface area contributed by atoms with E-state index in [1.807, 2.05) is 37.3 Å². The number of carbonyl (C=O) groups is 1. The number of amides is 1. The van der Waals surface area contributed by atoms with Gasteiger partial charge in [-0.2, -0.15) is 0 Å². The van der Waals surface area contributed by atoms with Crippen LogP contribution in [0.5, 0.6) is 0 Å². The Kier molecular flexibility index (Phi) is 3.36. The van der Waals surface area contributed by atoms with Crippen LogP contribution in [0.2, 0.25) is 5.02 Å². The van der Waals surface area contributed by atoms with Gasteiger partial charge in [0.15, 0.2) is 0 Å². The van der Waals surface area contributed by atoms with E-state index in [9.17, 15) is 4.79 Å². The van der Waals surface area contributed by atoms with Crippen molar-refractivity contribution in [3.8, 4) is 0 Å². The molecular weight excluding hydrogens is 272 g/mol. The molecule has 3 rings (SSSR count). The molecule has 0 aromatic heterocycles. The van der Waals surface area contributed by atoms with Crippen molar-refractivity contribution >= 4 is 28.9 Å². The normalized spacial score (nSPS) is 12.7. The Bertz CT molecular complexity index is 682. The summed E-state index contributed by atoms with van der Waals surface area (Å²) in [6, 6.07) is 11.2. The molecule has 0 bridgehead atoms. The number of halogens is 1. The van der Waals surface area contributed by atoms with Gasteiger partial charge in [0.2, 0.25) is 0 Å². The minimum Gasteiger partial charge on any atom is -0.384 e. The fraction of sp³-hybridized carbons (Fsp3) is 0.188. The smallest absolute Gasteiger partial charge is 0.255 e. The predicted molar refractivity (Wildman–Crippen MR) is 82.8 cm³/mol. The van der Waals surface area contributed by atoms with E-state index in [1.54, 1.807) is 6.07 Å². The van der Waals surface area contributed by atoms with Crippen LogP contribution in [0.1, 0.15) is 21.5 Å². The SMILES string of the molecule is Cc1ccc(Cl)cc1NC(=O)c1ccc2c(c1)NCC2. The minimum absolute atomic E-state index is 0.119. The van der Waals surface area contributed by atoms with Crippen molar-refractivity contribution in [2.24, 2.45) is 0 Å². The van der Waals surface area contributed by atoms with E-state index < -0.39 is 0 Å². The number of fused-ring (bicyclic) bond motifs is 1. The fourth-order valence-corrected chi connectivity index (χ4v) is 2.53. The first-order valence-electron chi connectivity index (χ1n) is 6.58. The van der Waals surface area contributed by atoms with Crippen molar-refractivity contribution in [3.05, 3.63) is 58.1 Å². The van der Waals surface area contributed by atoms with Gasteiger partial charge in [-0.15, -0.1) is 0 Å². The zero-order chi connectivity index (χ0) is 14.1. The number of anilines is 2. The average Bonchev–Trinajstić information content (AvgIpc) is 2.90. The highest BCUT2D eigenvalue weighted by atomic mass is 35.5. The van der Waals surface area contributed by atoms with Gasteiger partial charge in [0.1, 0.15) is 0 Å². The van der Waals surface area contributed by atoms with Crippen molar-refractivity contribution in [3.63, 3.8) is 0 Å². The van der Waals surface area contributed by atoms with E-state index in [2.05, 4.69) is 10.6 Å². The number of carbonyl (C=O) groups excluding carboxylic acids is 1. The van der Waals surface area contributed by atoms with E-state index in [0.717, 1.165) is 29.9 Å². The van der Waals surface area contributed by atoms with Gasteiger partial charge in [0, 0.05) is 28.5 Å². The summed E-state index contributed by atoms with van der Waals surface area (Å²) in [5.41, 5.74) is 4.71. The average molecular weight is 287 g/mol. The molecule has 2 aromatic rings. The molecule has 0 saturated carbocycles. The summed E-state index contributed by atoms with van der Waals surface area (Å²) in [6.07, 6.45) is 1.02. The van der Waals surface area contributed by atoms with E-state index in [4.69, 9.17) is 11.6 Å². The Morgan fingerprint density at radius 1 is 1.25 bits per heavy atom. The molecule has 0 fully saturated rings. The highest BCUT2D eigenvalue weighted by Crippen LogP contribution is 2.25. The molecule has 102 valence electrons. The van der Waals surface area contributed by atoms with Gasteiger partial charge in [0.05, 0.1) is 0 Å². The molecule has 3 nitrogen and oxygen atoms in total. The van der Waals surface area contributed by atoms with Crippen molar-refractivity contribution in [2.45, 2.75) is 13.3 Å². The second-order valence-corrected chi connectivity index (χ2v) is 5.40. The van der Waals surface area contributed by atoms with Crippen LogP contribution >= 0.6 is 11.6 Å². The molecule has 0 aliphatic carbocycles. The van der Waals surface area contributed by atoms with Crippen molar-refractivity contribution < 1.29 is 4.79 Å². The molecule has 0 radical (unpaired) electrons. The van der Waals surface area contributed by atoms with Gasteiger partial charge in [-0.05, 0) is 48.7 Å². The van der Waals surface area contributed by atoms with Crippen LogP contribution in [0.25, 0.3) is 0 Å². The lowest BCUT2D eigenvalue weighted by molar-refractivity contribution is 0.102. The highest BCUT2D eigenvalue weighted by Gasteiger charge is 2.14. The molecule has 0 atom stereocenters. The summed E-state index contributed by atoms with van der Waals surface area (Å²) in [4.78, 5) is 12.3. The molecule has 2 aromatic carbocycles. The summed E-state index contributed by atoms with van der Waals surface area (Å²) < 4.78 is 0. The molecule has 0 unspecified atom stereocenters. The van der Waals surface area contributed by atoms with Crippen molar-refractivity contribution in [2.75, 3.05) is 17.2 Å². The minimum atomic E-state index is -0.119. The molecule has 1 heterocycles. The van der Waals surface area contributed by atoms with E-state index >= 15 is 0 Å². The van der Waals surface area contributed by atoms with E-state index in [-0.39, 0.29) is 5.91 Å². The fourth-order valence-electron chi connectivity index (χ4n) is 2.36. The summed E-state index contributed by atoms with van der Waals surface area (Å²) in [5.74, 6) is -0.119. The number of aryl methyl sites for hydroxylation is 1.